The number of nitrogens with two attached hydrogens (primary N) is 1. The van der Waals surface area contributed by atoms with Crippen LogP contribution in [0.4, 0.5) is 13.2 Å². The number of hydrogen-bond donors (Lipinski definition) is 2. The number of aliphatic carboxylic acids is 1. The lowest BCUT2D eigenvalue weighted by Crippen LogP contribution is -2.32. The van der Waals surface area contributed by atoms with Crippen LogP contribution in [0.3, 0.4) is 0 Å². The van der Waals surface area contributed by atoms with Crippen LogP contribution < -0.4 is 10.5 Å². The first-order valence-electron chi connectivity index (χ1n) is 12.3. The Labute approximate surface area is 248 Å². The van der Waals surface area contributed by atoms with Gasteiger partial charge in [-0.05, 0) is 53.7 Å². The van der Waals surface area contributed by atoms with Crippen molar-refractivity contribution in [3.63, 3.8) is 0 Å². The Hall–Kier alpha value is -3.38. The molecular weight excluding hydrogens is 602 g/mol. The van der Waals surface area contributed by atoms with E-state index in [9.17, 15) is 18.0 Å². The number of nitrogens with zero attached hydrogens (tertiary/aromatic N) is 2. The summed E-state index contributed by atoms with van der Waals surface area (Å²) in [6.07, 6.45) is -3.05. The van der Waals surface area contributed by atoms with Crippen LogP contribution in [0.2, 0.25) is 5.02 Å². The predicted octanol–water partition coefficient (Wildman–Crippen LogP) is 7.22. The number of ether oxygens (including phenoxy) is 2. The first kappa shape index (κ1) is 30.6. The number of carboxylic acids is 1. The van der Waals surface area contributed by atoms with Gasteiger partial charge in [0.1, 0.15) is 17.1 Å². The van der Waals surface area contributed by atoms with E-state index in [-0.39, 0.29) is 30.3 Å². The molecule has 0 saturated carbocycles. The highest BCUT2D eigenvalue weighted by molar-refractivity contribution is 7.18. The molecule has 0 unspecified atom stereocenters. The van der Waals surface area contributed by atoms with E-state index in [1.807, 2.05) is 0 Å². The van der Waals surface area contributed by atoms with Gasteiger partial charge in [-0.15, -0.1) is 23.7 Å². The molecule has 0 fully saturated rings. The molecule has 0 radical (unpaired) electrons. The Morgan fingerprint density at radius 3 is 2.59 bits per heavy atom. The molecule has 1 aliphatic heterocycles. The van der Waals surface area contributed by atoms with Crippen molar-refractivity contribution in [2.45, 2.75) is 37.6 Å². The number of rotatable bonds is 8. The average Bonchev–Trinajstić information content (AvgIpc) is 3.37. The molecule has 5 rings (SSSR count). The smallest absolute Gasteiger partial charge is 0.429 e. The van der Waals surface area contributed by atoms with Crippen LogP contribution in [-0.4, -0.2) is 39.9 Å². The van der Waals surface area contributed by atoms with Crippen molar-refractivity contribution in [1.29, 1.82) is 0 Å². The molecule has 0 aliphatic carbocycles. The van der Waals surface area contributed by atoms with Gasteiger partial charge >= 0.3 is 12.1 Å². The van der Waals surface area contributed by atoms with Crippen molar-refractivity contribution in [2.75, 3.05) is 6.61 Å². The van der Waals surface area contributed by atoms with Crippen molar-refractivity contribution < 1.29 is 32.5 Å². The first-order chi connectivity index (χ1) is 19.1. The highest BCUT2D eigenvalue weighted by atomic mass is 35.5. The van der Waals surface area contributed by atoms with Crippen LogP contribution >= 0.6 is 35.3 Å². The van der Waals surface area contributed by atoms with E-state index in [1.165, 1.54) is 42.1 Å². The fourth-order valence-corrected chi connectivity index (χ4v) is 5.63. The molecule has 2 aromatic carbocycles. The summed E-state index contributed by atoms with van der Waals surface area (Å²) in [7, 11) is 0. The zero-order chi connectivity index (χ0) is 28.4. The highest BCUT2D eigenvalue weighted by Gasteiger charge is 2.45. The molecule has 4 aromatic rings. The van der Waals surface area contributed by atoms with E-state index < -0.39 is 24.3 Å². The van der Waals surface area contributed by atoms with Crippen LogP contribution in [0.5, 0.6) is 5.88 Å². The first-order valence-corrected chi connectivity index (χ1v) is 13.5. The van der Waals surface area contributed by atoms with Crippen LogP contribution in [0.25, 0.3) is 26.9 Å². The minimum atomic E-state index is -4.76. The maximum absolute atomic E-state index is 14.5. The van der Waals surface area contributed by atoms with Gasteiger partial charge in [-0.3, -0.25) is 4.79 Å². The second kappa shape index (κ2) is 12.6. The summed E-state index contributed by atoms with van der Waals surface area (Å²) in [6.45, 7) is 0.497. The topological polar surface area (TPSA) is 108 Å². The number of aromatic nitrogens is 2. The number of allylic oxidation sites excluding steroid dienone is 1. The quantitative estimate of drug-likeness (QED) is 0.213. The van der Waals surface area contributed by atoms with E-state index in [2.05, 4.69) is 9.97 Å². The number of alkyl halides is 3. The van der Waals surface area contributed by atoms with Gasteiger partial charge in [0.05, 0.1) is 18.4 Å². The lowest BCUT2D eigenvalue weighted by atomic mass is 9.93. The molecule has 0 saturated heterocycles. The maximum Gasteiger partial charge on any atom is 0.429 e. The summed E-state index contributed by atoms with van der Waals surface area (Å²) < 4.78 is 54.9. The molecule has 2 atom stereocenters. The Morgan fingerprint density at radius 1 is 1.17 bits per heavy atom. The molecular formula is C28H24Cl2F3N3O4S. The number of carbonyl (C=O) groups is 1. The number of thiophene rings is 1. The lowest BCUT2D eigenvalue weighted by Gasteiger charge is -2.25. The number of benzene rings is 2. The molecule has 0 amide bonds. The van der Waals surface area contributed by atoms with E-state index in [0.717, 1.165) is 11.1 Å². The summed E-state index contributed by atoms with van der Waals surface area (Å²) in [5.41, 5.74) is 9.06. The molecule has 216 valence electrons. The monoisotopic (exact) mass is 625 g/mol. The Bertz CT molecular complexity index is 1580. The molecule has 3 N–H and O–H groups in total. The second-order valence-electron chi connectivity index (χ2n) is 9.24. The number of fused-ring (bicyclic) bond motifs is 1. The summed E-state index contributed by atoms with van der Waals surface area (Å²) in [6, 6.07) is 10.3. The third-order valence-corrected chi connectivity index (χ3v) is 7.66. The molecule has 13 heteroatoms. The van der Waals surface area contributed by atoms with Gasteiger partial charge in [-0.1, -0.05) is 41.9 Å². The summed E-state index contributed by atoms with van der Waals surface area (Å²) in [5, 5.41) is 11.1. The van der Waals surface area contributed by atoms with Gasteiger partial charge in [0, 0.05) is 21.5 Å². The van der Waals surface area contributed by atoms with Crippen LogP contribution in [0, 0.1) is 0 Å². The van der Waals surface area contributed by atoms with Crippen molar-refractivity contribution in [1.82, 2.24) is 9.97 Å². The molecule has 41 heavy (non-hydrogen) atoms. The Morgan fingerprint density at radius 2 is 1.93 bits per heavy atom. The van der Waals surface area contributed by atoms with Gasteiger partial charge in [0.15, 0.2) is 0 Å². The van der Waals surface area contributed by atoms with E-state index in [1.54, 1.807) is 29.6 Å². The van der Waals surface area contributed by atoms with E-state index >= 15 is 0 Å². The Kier molecular flexibility index (Phi) is 9.43. The molecule has 3 heterocycles. The van der Waals surface area contributed by atoms with Crippen LogP contribution in [0.15, 0.2) is 60.4 Å². The second-order valence-corrected chi connectivity index (χ2v) is 10.6. The number of carboxylic acid groups (broad SMARTS) is 1. The zero-order valence-corrected chi connectivity index (χ0v) is 23.6. The van der Waals surface area contributed by atoms with Gasteiger partial charge in [0.25, 0.3) is 0 Å². The Balaban J connectivity index is 0.00000387. The highest BCUT2D eigenvalue weighted by Crippen LogP contribution is 2.44. The molecule has 2 aromatic heterocycles. The summed E-state index contributed by atoms with van der Waals surface area (Å²) >= 11 is 7.33. The zero-order valence-electron chi connectivity index (χ0n) is 21.2. The van der Waals surface area contributed by atoms with Gasteiger partial charge in [0.2, 0.25) is 12.0 Å². The minimum Gasteiger partial charge on any atom is -0.501 e. The van der Waals surface area contributed by atoms with E-state index in [0.29, 0.717) is 51.4 Å². The molecule has 7 nitrogen and oxygen atoms in total. The van der Waals surface area contributed by atoms with Gasteiger partial charge < -0.3 is 20.3 Å². The largest absolute Gasteiger partial charge is 0.501 e. The standard InChI is InChI=1S/C28H23ClF3N3O4S.ClH/c29-18-7-8-19(20(11-18)17-2-1-9-38-12-17)25(28(30,31)32)39-26-24-23(34-14-35-26)21(13-40-24)16-5-3-15(4-6-16)10-22(33)27(36)37;/h3-8,11-14,22,25H,1-2,9-10,33H2,(H,36,37);1H/t22-,25+;/m0./s1. The lowest BCUT2D eigenvalue weighted by molar-refractivity contribution is -0.198. The minimum absolute atomic E-state index is 0. The maximum atomic E-state index is 14.5. The SMILES string of the molecule is Cl.N[C@@H](Cc1ccc(-c2csc3c(O[C@H](c4ccc(Cl)cc4C4=COCCC4)C(F)(F)F)ncnc23)cc1)C(=O)O. The molecule has 1 aliphatic rings. The van der Waals surface area contributed by atoms with Gasteiger partial charge in [-0.2, -0.15) is 13.2 Å². The molecule has 0 bridgehead atoms. The third kappa shape index (κ3) is 6.75. The van der Waals surface area contributed by atoms with E-state index in [4.69, 9.17) is 31.9 Å². The third-order valence-electron chi connectivity index (χ3n) is 6.46. The predicted molar refractivity (Wildman–Crippen MR) is 153 cm³/mol. The fraction of sp³-hybridized carbons (Fsp3) is 0.250. The van der Waals surface area contributed by atoms with Crippen molar-refractivity contribution in [2.24, 2.45) is 5.73 Å². The van der Waals surface area contributed by atoms with Crippen molar-refractivity contribution in [3.05, 3.63) is 82.1 Å². The van der Waals surface area contributed by atoms with Crippen LogP contribution in [-0.2, 0) is 16.0 Å². The average molecular weight is 626 g/mol. The molecule has 0 spiro atoms. The van der Waals surface area contributed by atoms with Crippen molar-refractivity contribution >= 4 is 57.1 Å². The van der Waals surface area contributed by atoms with Gasteiger partial charge in [-0.25, -0.2) is 9.97 Å². The number of hydrogen-bond acceptors (Lipinski definition) is 7. The fourth-order valence-electron chi connectivity index (χ4n) is 4.50. The summed E-state index contributed by atoms with van der Waals surface area (Å²) in [5.74, 6) is -1.29. The summed E-state index contributed by atoms with van der Waals surface area (Å²) in [4.78, 5) is 19.4. The van der Waals surface area contributed by atoms with Crippen LogP contribution in [0.1, 0.15) is 35.6 Å². The van der Waals surface area contributed by atoms with Crippen molar-refractivity contribution in [3.8, 4) is 17.0 Å². The number of halogens is 5. The normalized spacial score (nSPS) is 14.9.